The van der Waals surface area contributed by atoms with E-state index in [0.29, 0.717) is 5.15 Å². The second kappa shape index (κ2) is 5.95. The molecule has 0 atom stereocenters. The molecule has 0 fully saturated rings. The SMILES string of the molecule is O=[N+]([O-])c1ccc(C=Cc2cc(Cl)nc3ccccc23)cc1. The van der Waals surface area contributed by atoms with E-state index in [2.05, 4.69) is 4.98 Å². The van der Waals surface area contributed by atoms with Crippen LogP contribution in [-0.2, 0) is 0 Å². The third-order valence-electron chi connectivity index (χ3n) is 3.28. The summed E-state index contributed by atoms with van der Waals surface area (Å²) >= 11 is 6.04. The van der Waals surface area contributed by atoms with E-state index in [1.54, 1.807) is 18.2 Å². The highest BCUT2D eigenvalue weighted by molar-refractivity contribution is 6.30. The molecule has 0 saturated heterocycles. The summed E-state index contributed by atoms with van der Waals surface area (Å²) in [7, 11) is 0. The van der Waals surface area contributed by atoms with Crippen LogP contribution < -0.4 is 0 Å². The van der Waals surface area contributed by atoms with Crippen molar-refractivity contribution in [3.05, 3.63) is 81.0 Å². The first kappa shape index (κ1) is 14.2. The lowest BCUT2D eigenvalue weighted by Crippen LogP contribution is -1.86. The number of rotatable bonds is 3. The Morgan fingerprint density at radius 3 is 2.50 bits per heavy atom. The number of non-ortho nitro benzene ring substituents is 1. The Kier molecular flexibility index (Phi) is 3.85. The summed E-state index contributed by atoms with van der Waals surface area (Å²) in [5, 5.41) is 12.1. The molecule has 0 aliphatic rings. The average Bonchev–Trinajstić information content (AvgIpc) is 2.52. The molecule has 0 bridgehead atoms. The van der Waals surface area contributed by atoms with E-state index in [-0.39, 0.29) is 5.69 Å². The van der Waals surface area contributed by atoms with Crippen LogP contribution in [0.5, 0.6) is 0 Å². The minimum Gasteiger partial charge on any atom is -0.258 e. The number of hydrogen-bond acceptors (Lipinski definition) is 3. The van der Waals surface area contributed by atoms with Gasteiger partial charge in [0.1, 0.15) is 5.15 Å². The van der Waals surface area contributed by atoms with Crippen molar-refractivity contribution in [2.24, 2.45) is 0 Å². The number of para-hydroxylation sites is 1. The molecule has 5 heteroatoms. The van der Waals surface area contributed by atoms with Crippen LogP contribution >= 0.6 is 11.6 Å². The molecule has 22 heavy (non-hydrogen) atoms. The zero-order chi connectivity index (χ0) is 15.5. The van der Waals surface area contributed by atoms with Gasteiger partial charge in [0, 0.05) is 17.5 Å². The Hall–Kier alpha value is -2.72. The molecule has 1 aromatic heterocycles. The lowest BCUT2D eigenvalue weighted by Gasteiger charge is -2.02. The van der Waals surface area contributed by atoms with E-state index in [4.69, 9.17) is 11.6 Å². The van der Waals surface area contributed by atoms with E-state index in [0.717, 1.165) is 22.0 Å². The van der Waals surface area contributed by atoms with Gasteiger partial charge in [-0.15, -0.1) is 0 Å². The molecule has 0 aliphatic carbocycles. The Morgan fingerprint density at radius 1 is 1.05 bits per heavy atom. The fourth-order valence-corrected chi connectivity index (χ4v) is 2.41. The van der Waals surface area contributed by atoms with Crippen molar-refractivity contribution in [2.45, 2.75) is 0 Å². The van der Waals surface area contributed by atoms with Crippen LogP contribution in [0.1, 0.15) is 11.1 Å². The van der Waals surface area contributed by atoms with Gasteiger partial charge < -0.3 is 0 Å². The van der Waals surface area contributed by atoms with Crippen molar-refractivity contribution in [2.75, 3.05) is 0 Å². The number of hydrogen-bond donors (Lipinski definition) is 0. The lowest BCUT2D eigenvalue weighted by atomic mass is 10.1. The Balaban J connectivity index is 1.97. The molecule has 108 valence electrons. The number of pyridine rings is 1. The molecule has 0 N–H and O–H groups in total. The van der Waals surface area contributed by atoms with Gasteiger partial charge in [-0.25, -0.2) is 4.98 Å². The molecule has 0 unspecified atom stereocenters. The van der Waals surface area contributed by atoms with Crippen molar-refractivity contribution in [3.8, 4) is 0 Å². The third kappa shape index (κ3) is 2.97. The zero-order valence-electron chi connectivity index (χ0n) is 11.4. The minimum atomic E-state index is -0.413. The van der Waals surface area contributed by atoms with Crippen molar-refractivity contribution < 1.29 is 4.92 Å². The van der Waals surface area contributed by atoms with E-state index in [9.17, 15) is 10.1 Å². The fourth-order valence-electron chi connectivity index (χ4n) is 2.20. The monoisotopic (exact) mass is 310 g/mol. The van der Waals surface area contributed by atoms with Gasteiger partial charge in [-0.05, 0) is 35.4 Å². The maximum absolute atomic E-state index is 10.6. The summed E-state index contributed by atoms with van der Waals surface area (Å²) in [5.74, 6) is 0. The first-order valence-electron chi connectivity index (χ1n) is 6.61. The summed E-state index contributed by atoms with van der Waals surface area (Å²) in [6, 6.07) is 15.9. The van der Waals surface area contributed by atoms with Crippen molar-refractivity contribution in [1.82, 2.24) is 4.98 Å². The molecule has 0 amide bonds. The van der Waals surface area contributed by atoms with Crippen LogP contribution in [0.15, 0.2) is 54.6 Å². The van der Waals surface area contributed by atoms with Gasteiger partial charge in [0.2, 0.25) is 0 Å². The molecule has 0 aliphatic heterocycles. The molecule has 3 aromatic rings. The predicted molar refractivity (Wildman–Crippen MR) is 88.8 cm³/mol. The predicted octanol–water partition coefficient (Wildman–Crippen LogP) is 4.97. The number of nitro groups is 1. The highest BCUT2D eigenvalue weighted by atomic mass is 35.5. The molecule has 0 saturated carbocycles. The van der Waals surface area contributed by atoms with Gasteiger partial charge in [-0.3, -0.25) is 10.1 Å². The second-order valence-electron chi connectivity index (χ2n) is 4.73. The van der Waals surface area contributed by atoms with Gasteiger partial charge in [0.15, 0.2) is 0 Å². The van der Waals surface area contributed by atoms with Gasteiger partial charge in [0.25, 0.3) is 5.69 Å². The molecule has 3 rings (SSSR count). The maximum Gasteiger partial charge on any atom is 0.269 e. The van der Waals surface area contributed by atoms with Crippen molar-refractivity contribution in [3.63, 3.8) is 0 Å². The molecule has 0 spiro atoms. The molecule has 0 radical (unpaired) electrons. The lowest BCUT2D eigenvalue weighted by molar-refractivity contribution is -0.384. The first-order chi connectivity index (χ1) is 10.6. The summed E-state index contributed by atoms with van der Waals surface area (Å²) in [4.78, 5) is 14.5. The van der Waals surface area contributed by atoms with Crippen LogP contribution in [0.25, 0.3) is 23.1 Å². The molecule has 4 nitrogen and oxygen atoms in total. The van der Waals surface area contributed by atoms with Gasteiger partial charge in [-0.1, -0.05) is 42.0 Å². The number of halogens is 1. The molecular weight excluding hydrogens is 300 g/mol. The zero-order valence-corrected chi connectivity index (χ0v) is 12.2. The highest BCUT2D eigenvalue weighted by Gasteiger charge is 2.04. The molecular formula is C17H11ClN2O2. The Bertz CT molecular complexity index is 873. The van der Waals surface area contributed by atoms with Crippen LogP contribution in [0.3, 0.4) is 0 Å². The minimum absolute atomic E-state index is 0.0783. The van der Waals surface area contributed by atoms with Gasteiger partial charge >= 0.3 is 0 Å². The van der Waals surface area contributed by atoms with E-state index >= 15 is 0 Å². The quantitative estimate of drug-likeness (QED) is 0.390. The number of nitrogens with zero attached hydrogens (tertiary/aromatic N) is 2. The van der Waals surface area contributed by atoms with Crippen molar-refractivity contribution >= 4 is 40.3 Å². The maximum atomic E-state index is 10.6. The standard InChI is InChI=1S/C17H11ClN2O2/c18-17-11-13(15-3-1-2-4-16(15)19-17)8-5-12-6-9-14(10-7-12)20(21)22/h1-11H. The van der Waals surface area contributed by atoms with E-state index < -0.39 is 4.92 Å². The third-order valence-corrected chi connectivity index (χ3v) is 3.47. The van der Waals surface area contributed by atoms with Crippen LogP contribution in [0, 0.1) is 10.1 Å². The van der Waals surface area contributed by atoms with Crippen LogP contribution in [-0.4, -0.2) is 9.91 Å². The van der Waals surface area contributed by atoms with Gasteiger partial charge in [-0.2, -0.15) is 0 Å². The summed E-state index contributed by atoms with van der Waals surface area (Å²) in [6.45, 7) is 0. The van der Waals surface area contributed by atoms with Gasteiger partial charge in [0.05, 0.1) is 10.4 Å². The largest absolute Gasteiger partial charge is 0.269 e. The summed E-state index contributed by atoms with van der Waals surface area (Å²) in [6.07, 6.45) is 3.82. The number of benzene rings is 2. The highest BCUT2D eigenvalue weighted by Crippen LogP contribution is 2.23. The summed E-state index contributed by atoms with van der Waals surface area (Å²) < 4.78 is 0. The summed E-state index contributed by atoms with van der Waals surface area (Å²) in [5.41, 5.74) is 2.74. The van der Waals surface area contributed by atoms with Crippen LogP contribution in [0.4, 0.5) is 5.69 Å². The molecule has 1 heterocycles. The number of aromatic nitrogens is 1. The molecule has 2 aromatic carbocycles. The Labute approximate surface area is 131 Å². The average molecular weight is 311 g/mol. The van der Waals surface area contributed by atoms with E-state index in [1.807, 2.05) is 36.4 Å². The Morgan fingerprint density at radius 2 is 1.77 bits per heavy atom. The fraction of sp³-hybridized carbons (Fsp3) is 0. The second-order valence-corrected chi connectivity index (χ2v) is 5.12. The smallest absolute Gasteiger partial charge is 0.258 e. The van der Waals surface area contributed by atoms with Crippen molar-refractivity contribution in [1.29, 1.82) is 0 Å². The number of nitro benzene ring substituents is 1. The van der Waals surface area contributed by atoms with Crippen LogP contribution in [0.2, 0.25) is 5.15 Å². The topological polar surface area (TPSA) is 56.0 Å². The number of fused-ring (bicyclic) bond motifs is 1. The normalized spacial score (nSPS) is 11.1. The van der Waals surface area contributed by atoms with E-state index in [1.165, 1.54) is 12.1 Å². The first-order valence-corrected chi connectivity index (χ1v) is 6.99.